The molecule has 0 saturated heterocycles. The molecule has 1 atom stereocenters. The number of halogens is 1. The van der Waals surface area contributed by atoms with Crippen LogP contribution < -0.4 is 15.0 Å². The van der Waals surface area contributed by atoms with Gasteiger partial charge in [0.05, 0.1) is 6.04 Å². The summed E-state index contributed by atoms with van der Waals surface area (Å²) in [5, 5.41) is 2.95. The van der Waals surface area contributed by atoms with Crippen molar-refractivity contribution in [3.63, 3.8) is 0 Å². The molecule has 0 bridgehead atoms. The van der Waals surface area contributed by atoms with Crippen LogP contribution in [0.1, 0.15) is 62.2 Å². The molecule has 1 aromatic heterocycles. The molecule has 1 aromatic carbocycles. The number of pyridine rings is 1. The monoisotopic (exact) mass is 455 g/mol. The fourth-order valence-electron chi connectivity index (χ4n) is 3.70. The predicted octanol–water partition coefficient (Wildman–Crippen LogP) is 4.47. The largest absolute Gasteiger partial charge is 0.474 e. The first-order valence-electron chi connectivity index (χ1n) is 11.3. The van der Waals surface area contributed by atoms with Crippen LogP contribution in [0, 0.1) is 11.7 Å². The van der Waals surface area contributed by atoms with E-state index in [2.05, 4.69) is 10.3 Å². The van der Waals surface area contributed by atoms with Gasteiger partial charge in [-0.15, -0.1) is 0 Å². The smallest absolute Gasteiger partial charge is 0.415 e. The second-order valence-corrected chi connectivity index (χ2v) is 9.79. The van der Waals surface area contributed by atoms with Crippen LogP contribution in [0.4, 0.5) is 14.9 Å². The molecule has 8 heteroatoms. The molecule has 7 nitrogen and oxygen atoms in total. The Bertz CT molecular complexity index is 1040. The van der Waals surface area contributed by atoms with Gasteiger partial charge in [-0.2, -0.15) is 0 Å². The lowest BCUT2D eigenvalue weighted by Gasteiger charge is -2.36. The number of benzene rings is 1. The lowest BCUT2D eigenvalue weighted by atomic mass is 10.0. The molecular formula is C25H30FN3O4. The second-order valence-electron chi connectivity index (χ2n) is 9.79. The number of nitrogens with zero attached hydrogens (tertiary/aromatic N) is 2. The van der Waals surface area contributed by atoms with Gasteiger partial charge in [-0.25, -0.2) is 14.2 Å². The summed E-state index contributed by atoms with van der Waals surface area (Å²) in [4.78, 5) is 32.1. The average molecular weight is 456 g/mol. The van der Waals surface area contributed by atoms with Gasteiger partial charge in [-0.3, -0.25) is 9.69 Å². The molecule has 1 aliphatic heterocycles. The number of hydrogen-bond acceptors (Lipinski definition) is 5. The van der Waals surface area contributed by atoms with Gasteiger partial charge in [0.1, 0.15) is 29.4 Å². The summed E-state index contributed by atoms with van der Waals surface area (Å²) in [5.74, 6) is 0.126. The van der Waals surface area contributed by atoms with E-state index in [0.29, 0.717) is 30.1 Å². The van der Waals surface area contributed by atoms with E-state index in [4.69, 9.17) is 9.47 Å². The van der Waals surface area contributed by atoms with Gasteiger partial charge < -0.3 is 14.8 Å². The fourth-order valence-corrected chi connectivity index (χ4v) is 3.70. The molecule has 0 unspecified atom stereocenters. The van der Waals surface area contributed by atoms with E-state index in [1.807, 2.05) is 27.7 Å². The first kappa shape index (κ1) is 23.0. The predicted molar refractivity (Wildman–Crippen MR) is 122 cm³/mol. The second kappa shape index (κ2) is 9.00. The third-order valence-corrected chi connectivity index (χ3v) is 5.57. The van der Waals surface area contributed by atoms with Crippen molar-refractivity contribution in [3.05, 3.63) is 53.0 Å². The zero-order valence-electron chi connectivity index (χ0n) is 19.5. The van der Waals surface area contributed by atoms with Crippen LogP contribution in [0.5, 0.6) is 5.88 Å². The van der Waals surface area contributed by atoms with E-state index in [0.717, 1.165) is 18.4 Å². The minimum Gasteiger partial charge on any atom is -0.474 e. The number of ether oxygens (including phenoxy) is 2. The van der Waals surface area contributed by atoms with E-state index in [9.17, 15) is 14.0 Å². The molecule has 0 radical (unpaired) electrons. The van der Waals surface area contributed by atoms with Gasteiger partial charge in [0.25, 0.3) is 5.91 Å². The molecule has 1 aliphatic carbocycles. The molecule has 4 rings (SSSR count). The topological polar surface area (TPSA) is 80.8 Å². The van der Waals surface area contributed by atoms with Crippen molar-refractivity contribution in [2.75, 3.05) is 18.1 Å². The Kier molecular flexibility index (Phi) is 6.28. The zero-order valence-corrected chi connectivity index (χ0v) is 19.5. The van der Waals surface area contributed by atoms with Crippen LogP contribution in [0.25, 0.3) is 0 Å². The standard InChI is InChI=1S/C25H30FN3O4/c1-15-14-32-23-20(29(15)24(31)33-25(2,3)4)12-18(11-16-7-9-19(26)10-8-16)21(28-23)22(30)27-13-17-5-6-17/h7-10,12,15,17H,5-6,11,13-14H2,1-4H3,(H,27,30)/t15-/m0/s1. The maximum Gasteiger partial charge on any atom is 0.415 e. The molecule has 2 aromatic rings. The van der Waals surface area contributed by atoms with E-state index in [1.54, 1.807) is 18.2 Å². The summed E-state index contributed by atoms with van der Waals surface area (Å²) < 4.78 is 24.8. The maximum absolute atomic E-state index is 13.4. The van der Waals surface area contributed by atoms with Gasteiger partial charge in [-0.05, 0) is 82.2 Å². The number of hydrogen-bond donors (Lipinski definition) is 1. The first-order valence-corrected chi connectivity index (χ1v) is 11.3. The van der Waals surface area contributed by atoms with E-state index in [1.165, 1.54) is 17.0 Å². The van der Waals surface area contributed by atoms with Crippen LogP contribution in [0.2, 0.25) is 0 Å². The summed E-state index contributed by atoms with van der Waals surface area (Å²) >= 11 is 0. The highest BCUT2D eigenvalue weighted by Gasteiger charge is 2.35. The third-order valence-electron chi connectivity index (χ3n) is 5.57. The fraction of sp³-hybridized carbons (Fsp3) is 0.480. The van der Waals surface area contributed by atoms with Crippen LogP contribution in [0.3, 0.4) is 0 Å². The van der Waals surface area contributed by atoms with Gasteiger partial charge in [0.15, 0.2) is 0 Å². The first-order chi connectivity index (χ1) is 15.6. The highest BCUT2D eigenvalue weighted by atomic mass is 19.1. The third kappa shape index (κ3) is 5.61. The lowest BCUT2D eigenvalue weighted by Crippen LogP contribution is -2.47. The Labute approximate surface area is 193 Å². The summed E-state index contributed by atoms with van der Waals surface area (Å²) in [6.45, 7) is 8.13. The van der Waals surface area contributed by atoms with E-state index >= 15 is 0 Å². The number of amides is 2. The Hall–Kier alpha value is -3.16. The van der Waals surface area contributed by atoms with Crippen molar-refractivity contribution in [1.82, 2.24) is 10.3 Å². The summed E-state index contributed by atoms with van der Waals surface area (Å²) in [7, 11) is 0. The Morgan fingerprint density at radius 2 is 1.94 bits per heavy atom. The van der Waals surface area contributed by atoms with E-state index < -0.39 is 11.7 Å². The van der Waals surface area contributed by atoms with Crippen molar-refractivity contribution in [2.45, 2.75) is 58.6 Å². The number of aromatic nitrogens is 1. The number of rotatable bonds is 5. The number of fused-ring (bicyclic) bond motifs is 1. The molecule has 2 heterocycles. The molecule has 1 N–H and O–H groups in total. The van der Waals surface area contributed by atoms with Crippen molar-refractivity contribution in [1.29, 1.82) is 0 Å². The van der Waals surface area contributed by atoms with Gasteiger partial charge in [-0.1, -0.05) is 12.1 Å². The maximum atomic E-state index is 13.4. The highest BCUT2D eigenvalue weighted by molar-refractivity contribution is 5.96. The summed E-state index contributed by atoms with van der Waals surface area (Å²) in [6, 6.07) is 7.59. The molecule has 2 aliphatic rings. The van der Waals surface area contributed by atoms with Gasteiger partial charge in [0, 0.05) is 6.54 Å². The average Bonchev–Trinajstić information content (AvgIpc) is 3.56. The van der Waals surface area contributed by atoms with Crippen molar-refractivity contribution < 1.29 is 23.5 Å². The molecule has 0 spiro atoms. The highest BCUT2D eigenvalue weighted by Crippen LogP contribution is 2.36. The van der Waals surface area contributed by atoms with Gasteiger partial charge in [0.2, 0.25) is 5.88 Å². The minimum atomic E-state index is -0.664. The molecule has 176 valence electrons. The van der Waals surface area contributed by atoms with Crippen LogP contribution in [-0.2, 0) is 11.2 Å². The Morgan fingerprint density at radius 3 is 2.58 bits per heavy atom. The van der Waals surface area contributed by atoms with Crippen molar-refractivity contribution in [3.8, 4) is 5.88 Å². The lowest BCUT2D eigenvalue weighted by molar-refractivity contribution is 0.0546. The van der Waals surface area contributed by atoms with Crippen LogP contribution in [-0.4, -0.2) is 41.8 Å². The number of nitrogens with one attached hydrogen (secondary N) is 1. The molecule has 33 heavy (non-hydrogen) atoms. The van der Waals surface area contributed by atoms with E-state index in [-0.39, 0.29) is 35.9 Å². The van der Waals surface area contributed by atoms with Crippen molar-refractivity contribution >= 4 is 17.7 Å². The van der Waals surface area contributed by atoms with Gasteiger partial charge >= 0.3 is 6.09 Å². The number of anilines is 1. The molecule has 1 fully saturated rings. The van der Waals surface area contributed by atoms with Crippen molar-refractivity contribution in [2.24, 2.45) is 5.92 Å². The molecule has 1 saturated carbocycles. The quantitative estimate of drug-likeness (QED) is 0.719. The van der Waals surface area contributed by atoms with Crippen LogP contribution in [0.15, 0.2) is 30.3 Å². The number of carbonyl (C=O) groups is 2. The summed E-state index contributed by atoms with van der Waals surface area (Å²) in [5.41, 5.74) is 1.49. The molecule has 2 amide bonds. The SMILES string of the molecule is C[C@H]1COc2nc(C(=O)NCC3CC3)c(Cc3ccc(F)cc3)cc2N1C(=O)OC(C)(C)C. The Morgan fingerprint density at radius 1 is 1.24 bits per heavy atom. The normalized spacial score (nSPS) is 17.7. The zero-order chi connectivity index (χ0) is 23.8. The van der Waals surface area contributed by atoms with Crippen LogP contribution >= 0.6 is 0 Å². The molecular weight excluding hydrogens is 425 g/mol. The Balaban J connectivity index is 1.72. The summed E-state index contributed by atoms with van der Waals surface area (Å²) in [6.07, 6.45) is 2.08. The minimum absolute atomic E-state index is 0.221. The number of carbonyl (C=O) groups excluding carboxylic acids is 2.